The van der Waals surface area contributed by atoms with Gasteiger partial charge in [0.05, 0.1) is 29.3 Å². The zero-order valence-electron chi connectivity index (χ0n) is 15.3. The number of pyridine rings is 1. The van der Waals surface area contributed by atoms with E-state index in [1.54, 1.807) is 23.4 Å². The van der Waals surface area contributed by atoms with Gasteiger partial charge in [0.1, 0.15) is 0 Å². The summed E-state index contributed by atoms with van der Waals surface area (Å²) in [5.41, 5.74) is 4.58. The highest BCUT2D eigenvalue weighted by atomic mass is 16.2. The quantitative estimate of drug-likeness (QED) is 0.599. The molecule has 0 spiro atoms. The maximum atomic E-state index is 12.9. The van der Waals surface area contributed by atoms with Crippen LogP contribution in [0.3, 0.4) is 0 Å². The number of amides is 1. The van der Waals surface area contributed by atoms with Crippen LogP contribution in [0.1, 0.15) is 34.7 Å². The average molecular weight is 372 g/mol. The largest absolute Gasteiger partial charge is 0.343 e. The van der Waals surface area contributed by atoms with Crippen molar-refractivity contribution in [2.45, 2.75) is 18.8 Å². The Balaban J connectivity index is 1.29. The van der Waals surface area contributed by atoms with Crippen LogP contribution in [0, 0.1) is 0 Å². The molecule has 1 aromatic carbocycles. The molecule has 0 saturated carbocycles. The molecule has 0 atom stereocenters. The fourth-order valence-electron chi connectivity index (χ4n) is 3.94. The average Bonchev–Trinajstić information content (AvgIpc) is 3.43. The Labute approximate surface area is 162 Å². The van der Waals surface area contributed by atoms with Crippen LogP contribution in [0.15, 0.2) is 61.3 Å². The molecule has 1 aliphatic heterocycles. The number of carbonyl (C=O) groups excluding carboxylic acids is 1. The Morgan fingerprint density at radius 2 is 1.89 bits per heavy atom. The minimum Gasteiger partial charge on any atom is -0.343 e. The van der Waals surface area contributed by atoms with E-state index in [1.165, 1.54) is 5.56 Å². The predicted octanol–water partition coefficient (Wildman–Crippen LogP) is 3.16. The molecule has 5 rings (SSSR count). The number of aromatic nitrogens is 5. The molecule has 0 unspecified atom stereocenters. The van der Waals surface area contributed by atoms with Crippen molar-refractivity contribution < 1.29 is 4.79 Å². The van der Waals surface area contributed by atoms with Crippen LogP contribution >= 0.6 is 0 Å². The lowest BCUT2D eigenvalue weighted by molar-refractivity contribution is 0.0713. The van der Waals surface area contributed by atoms with E-state index in [0.29, 0.717) is 11.5 Å². The number of benzene rings is 1. The summed E-state index contributed by atoms with van der Waals surface area (Å²) in [4.78, 5) is 26.6. The van der Waals surface area contributed by atoms with Crippen molar-refractivity contribution in [2.24, 2.45) is 0 Å². The lowest BCUT2D eigenvalue weighted by Crippen LogP contribution is -2.37. The fraction of sp³-hybridized carbons (Fsp3) is 0.238. The molecule has 1 saturated heterocycles. The summed E-state index contributed by atoms with van der Waals surface area (Å²) >= 11 is 0. The van der Waals surface area contributed by atoms with Crippen LogP contribution in [0.25, 0.3) is 16.9 Å². The highest BCUT2D eigenvalue weighted by molar-refractivity contribution is 5.94. The molecule has 1 fully saturated rings. The van der Waals surface area contributed by atoms with E-state index in [1.807, 2.05) is 41.4 Å². The Morgan fingerprint density at radius 3 is 2.71 bits per heavy atom. The second kappa shape index (κ2) is 6.92. The predicted molar refractivity (Wildman–Crippen MR) is 105 cm³/mol. The minimum atomic E-state index is 0.0436. The van der Waals surface area contributed by atoms with Gasteiger partial charge in [-0.1, -0.05) is 18.2 Å². The molecule has 1 amide bonds. The van der Waals surface area contributed by atoms with Gasteiger partial charge in [0.25, 0.3) is 5.91 Å². The third kappa shape index (κ3) is 2.94. The van der Waals surface area contributed by atoms with Crippen LogP contribution in [0.2, 0.25) is 0 Å². The first-order valence-corrected chi connectivity index (χ1v) is 9.47. The van der Waals surface area contributed by atoms with Gasteiger partial charge in [-0.05, 0) is 42.5 Å². The highest BCUT2D eigenvalue weighted by Gasteiger charge is 2.26. The summed E-state index contributed by atoms with van der Waals surface area (Å²) in [5.74, 6) is 0.448. The van der Waals surface area contributed by atoms with Gasteiger partial charge >= 0.3 is 0 Å². The molecule has 7 heteroatoms. The van der Waals surface area contributed by atoms with E-state index in [0.717, 1.165) is 42.8 Å². The van der Waals surface area contributed by atoms with Crippen LogP contribution in [-0.2, 0) is 0 Å². The molecular weight excluding hydrogens is 352 g/mol. The van der Waals surface area contributed by atoms with Gasteiger partial charge in [-0.25, -0.2) is 14.6 Å². The summed E-state index contributed by atoms with van der Waals surface area (Å²) in [6, 6.07) is 11.9. The molecule has 0 bridgehead atoms. The smallest absolute Gasteiger partial charge is 0.257 e. The van der Waals surface area contributed by atoms with Gasteiger partial charge in [0.15, 0.2) is 5.65 Å². The third-order valence-corrected chi connectivity index (χ3v) is 5.43. The number of carbonyl (C=O) groups is 1. The van der Waals surface area contributed by atoms with Crippen LogP contribution in [0.5, 0.6) is 0 Å². The van der Waals surface area contributed by atoms with Gasteiger partial charge in [-0.15, -0.1) is 0 Å². The second-order valence-corrected chi connectivity index (χ2v) is 7.08. The molecule has 3 aromatic heterocycles. The topological polar surface area (TPSA) is 79.7 Å². The molecule has 1 N–H and O–H groups in total. The molecule has 140 valence electrons. The maximum Gasteiger partial charge on any atom is 0.257 e. The number of rotatable bonds is 3. The number of hydrogen-bond acceptors (Lipinski definition) is 4. The van der Waals surface area contributed by atoms with Gasteiger partial charge < -0.3 is 9.88 Å². The van der Waals surface area contributed by atoms with Gasteiger partial charge in [0.2, 0.25) is 0 Å². The van der Waals surface area contributed by atoms with E-state index in [4.69, 9.17) is 0 Å². The van der Waals surface area contributed by atoms with Crippen molar-refractivity contribution in [2.75, 3.05) is 13.1 Å². The number of imidazole rings is 1. The zero-order valence-corrected chi connectivity index (χ0v) is 15.3. The van der Waals surface area contributed by atoms with Gasteiger partial charge in [-0.2, -0.15) is 5.10 Å². The molecule has 4 heterocycles. The van der Waals surface area contributed by atoms with E-state index in [9.17, 15) is 4.79 Å². The minimum absolute atomic E-state index is 0.0436. The number of nitrogens with zero attached hydrogens (tertiary/aromatic N) is 5. The van der Waals surface area contributed by atoms with E-state index in [2.05, 4.69) is 26.1 Å². The lowest BCUT2D eigenvalue weighted by atomic mass is 9.89. The molecule has 28 heavy (non-hydrogen) atoms. The number of H-pyrrole nitrogens is 1. The lowest BCUT2D eigenvalue weighted by Gasteiger charge is -2.32. The Hall–Kier alpha value is -3.48. The van der Waals surface area contributed by atoms with E-state index >= 15 is 0 Å². The van der Waals surface area contributed by atoms with E-state index in [-0.39, 0.29) is 5.91 Å². The van der Waals surface area contributed by atoms with Crippen LogP contribution < -0.4 is 0 Å². The summed E-state index contributed by atoms with van der Waals surface area (Å²) in [6.07, 6.45) is 8.81. The number of likely N-dealkylation sites (tertiary alicyclic amines) is 1. The van der Waals surface area contributed by atoms with Crippen LogP contribution in [-0.4, -0.2) is 48.6 Å². The normalized spacial score (nSPS) is 15.2. The zero-order chi connectivity index (χ0) is 18.9. The first-order chi connectivity index (χ1) is 13.8. The second-order valence-electron chi connectivity index (χ2n) is 7.08. The molecule has 0 aliphatic carbocycles. The number of fused-ring (bicyclic) bond motifs is 1. The SMILES string of the molecule is O=C(c1cnn(-c2ccccc2)c1)N1CCC(c2ccnc3nc[nH]c23)CC1. The Morgan fingerprint density at radius 1 is 1.07 bits per heavy atom. The summed E-state index contributed by atoms with van der Waals surface area (Å²) in [6.45, 7) is 1.47. The molecular formula is C21H20N6O. The van der Waals surface area contributed by atoms with Crippen molar-refractivity contribution in [3.05, 3.63) is 72.4 Å². The van der Waals surface area contributed by atoms with E-state index < -0.39 is 0 Å². The number of aromatic amines is 1. The third-order valence-electron chi connectivity index (χ3n) is 5.43. The fourth-order valence-corrected chi connectivity index (χ4v) is 3.94. The number of para-hydroxylation sites is 1. The maximum absolute atomic E-state index is 12.9. The standard InChI is InChI=1S/C21H20N6O/c28-21(16-12-25-27(13-16)17-4-2-1-3-5-17)26-10-7-15(8-11-26)18-6-9-22-20-19(18)23-14-24-20/h1-6,9,12-15H,7-8,10-11H2,(H,22,23,24). The Bertz CT molecular complexity index is 1110. The molecule has 1 aliphatic rings. The monoisotopic (exact) mass is 372 g/mol. The molecule has 7 nitrogen and oxygen atoms in total. The molecule has 0 radical (unpaired) electrons. The first kappa shape index (κ1) is 16.7. The highest BCUT2D eigenvalue weighted by Crippen LogP contribution is 2.31. The summed E-state index contributed by atoms with van der Waals surface area (Å²) in [7, 11) is 0. The van der Waals surface area contributed by atoms with Crippen molar-refractivity contribution in [1.82, 2.24) is 29.6 Å². The number of nitrogens with one attached hydrogen (secondary N) is 1. The number of hydrogen-bond donors (Lipinski definition) is 1. The summed E-state index contributed by atoms with van der Waals surface area (Å²) < 4.78 is 1.74. The Kier molecular flexibility index (Phi) is 4.12. The van der Waals surface area contributed by atoms with Crippen molar-refractivity contribution in [1.29, 1.82) is 0 Å². The first-order valence-electron chi connectivity index (χ1n) is 9.47. The van der Waals surface area contributed by atoms with Gasteiger partial charge in [0, 0.05) is 25.5 Å². The van der Waals surface area contributed by atoms with Crippen molar-refractivity contribution in [3.63, 3.8) is 0 Å². The number of piperidine rings is 1. The van der Waals surface area contributed by atoms with Crippen molar-refractivity contribution in [3.8, 4) is 5.69 Å². The van der Waals surface area contributed by atoms with Crippen LogP contribution in [0.4, 0.5) is 0 Å². The van der Waals surface area contributed by atoms with Gasteiger partial charge in [-0.3, -0.25) is 4.79 Å². The van der Waals surface area contributed by atoms with Crippen molar-refractivity contribution >= 4 is 17.1 Å². The summed E-state index contributed by atoms with van der Waals surface area (Å²) in [5, 5.41) is 4.34. The molecule has 4 aromatic rings.